The van der Waals surface area contributed by atoms with Gasteiger partial charge in [0.25, 0.3) is 0 Å². The van der Waals surface area contributed by atoms with E-state index in [9.17, 15) is 0 Å². The zero-order chi connectivity index (χ0) is 14.7. The number of nitrogens with one attached hydrogen (secondary N) is 1. The van der Waals surface area contributed by atoms with Crippen molar-refractivity contribution in [3.63, 3.8) is 0 Å². The summed E-state index contributed by atoms with van der Waals surface area (Å²) < 4.78 is 17.7. The molecule has 1 spiro atoms. The molecule has 0 radical (unpaired) electrons. The number of nitrogens with two attached hydrogens (primary N) is 1. The molecule has 2 aliphatic heterocycles. The molecule has 0 aromatic heterocycles. The second-order valence-corrected chi connectivity index (χ2v) is 6.85. The summed E-state index contributed by atoms with van der Waals surface area (Å²) in [5, 5.41) is 0. The van der Waals surface area contributed by atoms with Crippen molar-refractivity contribution in [1.29, 1.82) is 0 Å². The van der Waals surface area contributed by atoms with E-state index in [1.54, 1.807) is 0 Å². The van der Waals surface area contributed by atoms with E-state index in [1.165, 1.54) is 12.8 Å². The minimum atomic E-state index is 0.0244. The van der Waals surface area contributed by atoms with Crippen LogP contribution in [0, 0.1) is 11.8 Å². The Morgan fingerprint density at radius 2 is 1.95 bits per heavy atom. The lowest BCUT2D eigenvalue weighted by molar-refractivity contribution is -0.155. The van der Waals surface area contributed by atoms with Crippen molar-refractivity contribution >= 4 is 0 Å². The minimum absolute atomic E-state index is 0.0244. The molecule has 1 saturated carbocycles. The van der Waals surface area contributed by atoms with E-state index in [4.69, 9.17) is 20.1 Å². The van der Waals surface area contributed by atoms with Crippen molar-refractivity contribution in [2.24, 2.45) is 17.7 Å². The van der Waals surface area contributed by atoms with Crippen LogP contribution in [0.3, 0.4) is 0 Å². The predicted molar refractivity (Wildman–Crippen MR) is 80.7 cm³/mol. The highest BCUT2D eigenvalue weighted by Crippen LogP contribution is 2.42. The van der Waals surface area contributed by atoms with Gasteiger partial charge in [0.1, 0.15) is 0 Å². The van der Waals surface area contributed by atoms with E-state index in [0.717, 1.165) is 52.1 Å². The Morgan fingerprint density at radius 3 is 2.57 bits per heavy atom. The SMILES string of the molecule is CCOC(C1CC1)C(NN)C1CCOC2(CCOCC2)C1. The van der Waals surface area contributed by atoms with Crippen LogP contribution in [0.25, 0.3) is 0 Å². The monoisotopic (exact) mass is 298 g/mol. The molecule has 122 valence electrons. The van der Waals surface area contributed by atoms with Crippen LogP contribution in [0.1, 0.15) is 45.4 Å². The van der Waals surface area contributed by atoms with Gasteiger partial charge in [-0.05, 0) is 57.3 Å². The van der Waals surface area contributed by atoms with Gasteiger partial charge in [-0.2, -0.15) is 0 Å². The van der Waals surface area contributed by atoms with Gasteiger partial charge < -0.3 is 14.2 Å². The van der Waals surface area contributed by atoms with Gasteiger partial charge in [-0.15, -0.1) is 0 Å². The summed E-state index contributed by atoms with van der Waals surface area (Å²) in [7, 11) is 0. The quantitative estimate of drug-likeness (QED) is 0.576. The van der Waals surface area contributed by atoms with Crippen molar-refractivity contribution in [2.45, 2.75) is 63.2 Å². The fraction of sp³-hybridized carbons (Fsp3) is 1.00. The zero-order valence-corrected chi connectivity index (χ0v) is 13.2. The van der Waals surface area contributed by atoms with Crippen LogP contribution in [-0.2, 0) is 14.2 Å². The van der Waals surface area contributed by atoms with E-state index in [0.29, 0.717) is 11.8 Å². The van der Waals surface area contributed by atoms with Gasteiger partial charge in [0.05, 0.1) is 17.7 Å². The highest BCUT2D eigenvalue weighted by Gasteiger charge is 2.46. The van der Waals surface area contributed by atoms with E-state index in [1.807, 2.05) is 0 Å². The third-order valence-electron chi connectivity index (χ3n) is 5.44. The average Bonchev–Trinajstić information content (AvgIpc) is 3.33. The maximum atomic E-state index is 6.16. The van der Waals surface area contributed by atoms with Crippen LogP contribution in [0.2, 0.25) is 0 Å². The molecule has 5 heteroatoms. The lowest BCUT2D eigenvalue weighted by Gasteiger charge is -2.46. The number of hydrogen-bond acceptors (Lipinski definition) is 5. The Balaban J connectivity index is 1.67. The van der Waals surface area contributed by atoms with Gasteiger partial charge >= 0.3 is 0 Å². The van der Waals surface area contributed by atoms with Gasteiger partial charge in [0.2, 0.25) is 0 Å². The smallest absolute Gasteiger partial charge is 0.0772 e. The second kappa shape index (κ2) is 6.92. The molecular formula is C16H30N2O3. The van der Waals surface area contributed by atoms with Gasteiger partial charge in [0.15, 0.2) is 0 Å². The summed E-state index contributed by atoms with van der Waals surface area (Å²) in [6.07, 6.45) is 7.03. The van der Waals surface area contributed by atoms with E-state index in [2.05, 4.69) is 12.3 Å². The molecule has 3 atom stereocenters. The molecule has 3 fully saturated rings. The normalized spacial score (nSPS) is 32.0. The molecule has 1 aliphatic carbocycles. The predicted octanol–water partition coefficient (Wildman–Crippen LogP) is 1.61. The molecule has 5 nitrogen and oxygen atoms in total. The van der Waals surface area contributed by atoms with E-state index >= 15 is 0 Å². The fourth-order valence-corrected chi connectivity index (χ4v) is 4.11. The van der Waals surface area contributed by atoms with Gasteiger partial charge in [-0.25, -0.2) is 0 Å². The van der Waals surface area contributed by atoms with Gasteiger partial charge in [-0.1, -0.05) is 0 Å². The molecule has 2 saturated heterocycles. The van der Waals surface area contributed by atoms with Crippen molar-refractivity contribution in [3.05, 3.63) is 0 Å². The maximum Gasteiger partial charge on any atom is 0.0772 e. The summed E-state index contributed by atoms with van der Waals surface area (Å²) in [6, 6.07) is 0.251. The molecule has 3 rings (SSSR count). The lowest BCUT2D eigenvalue weighted by atomic mass is 9.76. The first-order valence-electron chi connectivity index (χ1n) is 8.57. The van der Waals surface area contributed by atoms with E-state index < -0.39 is 0 Å². The number of hydrogen-bond donors (Lipinski definition) is 2. The van der Waals surface area contributed by atoms with Crippen LogP contribution in [0.15, 0.2) is 0 Å². The van der Waals surface area contributed by atoms with Crippen LogP contribution in [0.5, 0.6) is 0 Å². The summed E-state index contributed by atoms with van der Waals surface area (Å²) in [5.74, 6) is 7.16. The van der Waals surface area contributed by atoms with Crippen molar-refractivity contribution < 1.29 is 14.2 Å². The highest BCUT2D eigenvalue weighted by atomic mass is 16.5. The molecule has 0 amide bonds. The molecule has 21 heavy (non-hydrogen) atoms. The summed E-state index contributed by atoms with van der Waals surface area (Å²) >= 11 is 0. The molecule has 0 aromatic rings. The Hall–Kier alpha value is -0.200. The molecular weight excluding hydrogens is 268 g/mol. The molecule has 3 aliphatic rings. The van der Waals surface area contributed by atoms with Gasteiger partial charge in [0, 0.05) is 26.4 Å². The first kappa shape index (κ1) is 15.7. The summed E-state index contributed by atoms with van der Waals surface area (Å²) in [5.41, 5.74) is 3.11. The van der Waals surface area contributed by atoms with Crippen molar-refractivity contribution in [1.82, 2.24) is 5.43 Å². The van der Waals surface area contributed by atoms with Crippen LogP contribution in [-0.4, -0.2) is 44.2 Å². The number of ether oxygens (including phenoxy) is 3. The van der Waals surface area contributed by atoms with Crippen LogP contribution < -0.4 is 11.3 Å². The Kier molecular flexibility index (Phi) is 5.17. The Labute approximate surface area is 127 Å². The fourth-order valence-electron chi connectivity index (χ4n) is 4.11. The number of hydrazine groups is 1. The molecule has 2 heterocycles. The first-order valence-corrected chi connectivity index (χ1v) is 8.57. The molecule has 0 aromatic carbocycles. The zero-order valence-electron chi connectivity index (χ0n) is 13.2. The second-order valence-electron chi connectivity index (χ2n) is 6.85. The Bertz CT molecular complexity index is 324. The molecule has 3 N–H and O–H groups in total. The van der Waals surface area contributed by atoms with E-state index in [-0.39, 0.29) is 17.7 Å². The highest BCUT2D eigenvalue weighted by molar-refractivity contribution is 4.98. The molecule has 0 bridgehead atoms. The molecule has 3 unspecified atom stereocenters. The maximum absolute atomic E-state index is 6.16. The third-order valence-corrected chi connectivity index (χ3v) is 5.44. The lowest BCUT2D eigenvalue weighted by Crippen LogP contribution is -2.55. The Morgan fingerprint density at radius 1 is 1.19 bits per heavy atom. The average molecular weight is 298 g/mol. The van der Waals surface area contributed by atoms with Crippen LogP contribution in [0.4, 0.5) is 0 Å². The third kappa shape index (κ3) is 3.59. The number of rotatable bonds is 6. The first-order chi connectivity index (χ1) is 10.3. The standard InChI is InChI=1S/C16H30N2O3/c1-2-20-15(12-3-4-12)14(18-17)13-5-8-21-16(11-13)6-9-19-10-7-16/h12-15,18H,2-11,17H2,1H3. The van der Waals surface area contributed by atoms with Crippen LogP contribution >= 0.6 is 0 Å². The van der Waals surface area contributed by atoms with Crippen molar-refractivity contribution in [2.75, 3.05) is 26.4 Å². The topological polar surface area (TPSA) is 65.7 Å². The van der Waals surface area contributed by atoms with Crippen molar-refractivity contribution in [3.8, 4) is 0 Å². The largest absolute Gasteiger partial charge is 0.381 e. The van der Waals surface area contributed by atoms with Gasteiger partial charge in [-0.3, -0.25) is 11.3 Å². The minimum Gasteiger partial charge on any atom is -0.381 e. The summed E-state index contributed by atoms with van der Waals surface area (Å²) in [4.78, 5) is 0. The summed E-state index contributed by atoms with van der Waals surface area (Å²) in [6.45, 7) is 5.33.